The molecular formula is C16H22N4O2S. The first-order chi connectivity index (χ1) is 11.2. The minimum atomic E-state index is -0.304. The molecule has 2 heterocycles. The molecule has 0 aliphatic carbocycles. The highest BCUT2D eigenvalue weighted by atomic mass is 32.1. The minimum Gasteiger partial charge on any atom is -0.396 e. The number of carbonyl (C=O) groups is 1. The molecule has 2 rings (SSSR count). The number of urea groups is 1. The van der Waals surface area contributed by atoms with Crippen molar-refractivity contribution in [3.8, 4) is 0 Å². The van der Waals surface area contributed by atoms with Gasteiger partial charge >= 0.3 is 6.03 Å². The number of nitrogens with one attached hydrogen (secondary N) is 2. The van der Waals surface area contributed by atoms with Gasteiger partial charge in [0, 0.05) is 36.3 Å². The van der Waals surface area contributed by atoms with Gasteiger partial charge in [-0.1, -0.05) is 19.4 Å². The number of aromatic nitrogens is 2. The van der Waals surface area contributed by atoms with E-state index in [0.717, 1.165) is 24.2 Å². The largest absolute Gasteiger partial charge is 0.396 e. The molecule has 3 N–H and O–H groups in total. The number of aryl methyl sites for hydroxylation is 1. The molecular weight excluding hydrogens is 312 g/mol. The van der Waals surface area contributed by atoms with Gasteiger partial charge in [0.05, 0.1) is 5.69 Å². The monoisotopic (exact) mass is 334 g/mol. The number of aliphatic hydroxyl groups is 1. The van der Waals surface area contributed by atoms with Gasteiger partial charge in [-0.3, -0.25) is 10.3 Å². The summed E-state index contributed by atoms with van der Waals surface area (Å²) in [5, 5.41) is 17.5. The number of hydrogen-bond donors (Lipinski definition) is 3. The van der Waals surface area contributed by atoms with Crippen molar-refractivity contribution in [2.24, 2.45) is 5.92 Å². The predicted molar refractivity (Wildman–Crippen MR) is 91.6 cm³/mol. The van der Waals surface area contributed by atoms with Crippen LogP contribution < -0.4 is 10.6 Å². The molecule has 0 aliphatic heterocycles. The number of rotatable bonds is 8. The van der Waals surface area contributed by atoms with Gasteiger partial charge < -0.3 is 10.4 Å². The summed E-state index contributed by atoms with van der Waals surface area (Å²) in [6.45, 7) is 2.47. The average Bonchev–Trinajstić information content (AvgIpc) is 3.00. The predicted octanol–water partition coefficient (Wildman–Crippen LogP) is 2.46. The summed E-state index contributed by atoms with van der Waals surface area (Å²) in [6.07, 6.45) is 4.29. The lowest BCUT2D eigenvalue weighted by Crippen LogP contribution is -2.35. The van der Waals surface area contributed by atoms with Crippen LogP contribution in [0.1, 0.15) is 24.7 Å². The summed E-state index contributed by atoms with van der Waals surface area (Å²) in [5.41, 5.74) is 1.90. The van der Waals surface area contributed by atoms with Gasteiger partial charge in [0.15, 0.2) is 5.13 Å². The van der Waals surface area contributed by atoms with Crippen LogP contribution in [-0.2, 0) is 12.8 Å². The van der Waals surface area contributed by atoms with Gasteiger partial charge in [-0.15, -0.1) is 11.3 Å². The normalized spacial score (nSPS) is 11.9. The van der Waals surface area contributed by atoms with E-state index in [4.69, 9.17) is 0 Å². The van der Waals surface area contributed by atoms with Gasteiger partial charge in [-0.25, -0.2) is 9.78 Å². The topological polar surface area (TPSA) is 87.1 Å². The molecule has 1 atom stereocenters. The van der Waals surface area contributed by atoms with E-state index < -0.39 is 0 Å². The lowest BCUT2D eigenvalue weighted by molar-refractivity contribution is 0.217. The van der Waals surface area contributed by atoms with Crippen molar-refractivity contribution in [2.45, 2.75) is 26.2 Å². The van der Waals surface area contributed by atoms with Gasteiger partial charge in [0.1, 0.15) is 0 Å². The molecule has 0 saturated heterocycles. The third-order valence-corrected chi connectivity index (χ3v) is 4.12. The maximum absolute atomic E-state index is 11.9. The van der Waals surface area contributed by atoms with Crippen molar-refractivity contribution in [1.82, 2.24) is 15.3 Å². The van der Waals surface area contributed by atoms with E-state index in [-0.39, 0.29) is 18.6 Å². The molecule has 0 fully saturated rings. The van der Waals surface area contributed by atoms with E-state index >= 15 is 0 Å². The van der Waals surface area contributed by atoms with Crippen LogP contribution in [-0.4, -0.2) is 34.3 Å². The van der Waals surface area contributed by atoms with Crippen LogP contribution in [0.3, 0.4) is 0 Å². The molecule has 2 amide bonds. The molecule has 1 unspecified atom stereocenters. The molecule has 0 aliphatic rings. The molecule has 0 spiro atoms. The van der Waals surface area contributed by atoms with Crippen molar-refractivity contribution in [3.05, 3.63) is 41.2 Å². The summed E-state index contributed by atoms with van der Waals surface area (Å²) in [4.78, 5) is 20.5. The minimum absolute atomic E-state index is 0.00520. The van der Waals surface area contributed by atoms with Gasteiger partial charge in [0.25, 0.3) is 0 Å². The van der Waals surface area contributed by atoms with Crippen LogP contribution in [0, 0.1) is 5.92 Å². The van der Waals surface area contributed by atoms with Crippen molar-refractivity contribution in [2.75, 3.05) is 18.5 Å². The second-order valence-electron chi connectivity index (χ2n) is 5.30. The Morgan fingerprint density at radius 1 is 1.39 bits per heavy atom. The molecule has 0 saturated carbocycles. The van der Waals surface area contributed by atoms with E-state index in [1.807, 2.05) is 23.6 Å². The Kier molecular flexibility index (Phi) is 6.96. The molecule has 124 valence electrons. The lowest BCUT2D eigenvalue weighted by atomic mass is 10.0. The van der Waals surface area contributed by atoms with Gasteiger partial charge in [-0.2, -0.15) is 0 Å². The van der Waals surface area contributed by atoms with E-state index in [0.29, 0.717) is 18.1 Å². The fraction of sp³-hybridized carbons (Fsp3) is 0.438. The summed E-state index contributed by atoms with van der Waals surface area (Å²) >= 11 is 1.42. The number of nitrogens with zero attached hydrogens (tertiary/aromatic N) is 2. The highest BCUT2D eigenvalue weighted by Gasteiger charge is 2.12. The number of hydrogen-bond acceptors (Lipinski definition) is 5. The second-order valence-corrected chi connectivity index (χ2v) is 6.16. The molecule has 6 nitrogen and oxygen atoms in total. The fourth-order valence-electron chi connectivity index (χ4n) is 2.13. The zero-order valence-corrected chi connectivity index (χ0v) is 14.0. The Morgan fingerprint density at radius 2 is 2.26 bits per heavy atom. The van der Waals surface area contributed by atoms with Crippen LogP contribution in [0.15, 0.2) is 29.8 Å². The number of pyridine rings is 1. The first-order valence-corrected chi connectivity index (χ1v) is 8.59. The van der Waals surface area contributed by atoms with Crippen LogP contribution >= 0.6 is 11.3 Å². The number of amides is 2. The van der Waals surface area contributed by atoms with Crippen molar-refractivity contribution >= 4 is 22.5 Å². The second kappa shape index (κ2) is 9.22. The molecule has 0 radical (unpaired) electrons. The van der Waals surface area contributed by atoms with E-state index in [2.05, 4.69) is 27.5 Å². The van der Waals surface area contributed by atoms with E-state index in [9.17, 15) is 9.90 Å². The first kappa shape index (κ1) is 17.4. The Hall–Kier alpha value is -1.99. The Balaban J connectivity index is 1.77. The molecule has 2 aromatic heterocycles. The number of thiazole rings is 1. The Labute approximate surface area is 140 Å². The van der Waals surface area contributed by atoms with Crippen LogP contribution in [0.5, 0.6) is 0 Å². The standard InChI is InChI=1S/C16H22N4O2S/c1-2-5-14-11-23-16(19-14)20-15(22)18-9-12(10-21)8-13-6-3-4-7-17-13/h3-4,6-7,11-12,21H,2,5,8-10H2,1H3,(H2,18,19,20,22). The molecule has 23 heavy (non-hydrogen) atoms. The van der Waals surface area contributed by atoms with Gasteiger partial charge in [-0.05, 0) is 25.0 Å². The number of anilines is 1. The van der Waals surface area contributed by atoms with Crippen LogP contribution in [0.4, 0.5) is 9.93 Å². The lowest BCUT2D eigenvalue weighted by Gasteiger charge is -2.14. The zero-order chi connectivity index (χ0) is 16.5. The maximum Gasteiger partial charge on any atom is 0.321 e. The number of carbonyl (C=O) groups excluding carboxylic acids is 1. The molecule has 2 aromatic rings. The molecule has 0 aromatic carbocycles. The van der Waals surface area contributed by atoms with Crippen LogP contribution in [0.2, 0.25) is 0 Å². The van der Waals surface area contributed by atoms with E-state index in [1.54, 1.807) is 6.20 Å². The maximum atomic E-state index is 11.9. The van der Waals surface area contributed by atoms with Crippen molar-refractivity contribution in [3.63, 3.8) is 0 Å². The summed E-state index contributed by atoms with van der Waals surface area (Å²) in [5.74, 6) is -0.0670. The van der Waals surface area contributed by atoms with Crippen molar-refractivity contribution in [1.29, 1.82) is 0 Å². The number of aliphatic hydroxyl groups excluding tert-OH is 1. The summed E-state index contributed by atoms with van der Waals surface area (Å²) in [7, 11) is 0. The summed E-state index contributed by atoms with van der Waals surface area (Å²) < 4.78 is 0. The molecule has 0 bridgehead atoms. The fourth-order valence-corrected chi connectivity index (χ4v) is 2.87. The Morgan fingerprint density at radius 3 is 2.96 bits per heavy atom. The molecule has 7 heteroatoms. The first-order valence-electron chi connectivity index (χ1n) is 7.71. The SMILES string of the molecule is CCCc1csc(NC(=O)NCC(CO)Cc2ccccn2)n1. The van der Waals surface area contributed by atoms with Crippen molar-refractivity contribution < 1.29 is 9.90 Å². The van der Waals surface area contributed by atoms with Crippen LogP contribution in [0.25, 0.3) is 0 Å². The van der Waals surface area contributed by atoms with Gasteiger partial charge in [0.2, 0.25) is 0 Å². The average molecular weight is 334 g/mol. The summed E-state index contributed by atoms with van der Waals surface area (Å²) in [6, 6.07) is 5.37. The third-order valence-electron chi connectivity index (χ3n) is 3.31. The third kappa shape index (κ3) is 5.96. The zero-order valence-electron chi connectivity index (χ0n) is 13.2. The highest BCUT2D eigenvalue weighted by Crippen LogP contribution is 2.16. The Bertz CT molecular complexity index is 603. The van der Waals surface area contributed by atoms with E-state index in [1.165, 1.54) is 11.3 Å². The quantitative estimate of drug-likeness (QED) is 0.692. The smallest absolute Gasteiger partial charge is 0.321 e. The highest BCUT2D eigenvalue weighted by molar-refractivity contribution is 7.13.